The molecule has 1 aromatic carbocycles. The molecule has 1 unspecified atom stereocenters. The monoisotopic (exact) mass is 293 g/mol. The number of nitrogens with two attached hydrogens (primary N) is 1. The van der Waals surface area contributed by atoms with Crippen molar-refractivity contribution >= 4 is 15.9 Å². The van der Waals surface area contributed by atoms with Gasteiger partial charge in [0.1, 0.15) is 0 Å². The summed E-state index contributed by atoms with van der Waals surface area (Å²) in [5.74, 6) is -2.75. The summed E-state index contributed by atoms with van der Waals surface area (Å²) in [6, 6.07) is 1.23. The van der Waals surface area contributed by atoms with Gasteiger partial charge in [-0.1, -0.05) is 12.1 Å². The van der Waals surface area contributed by atoms with Gasteiger partial charge >= 0.3 is 0 Å². The second kappa shape index (κ2) is 5.93. The smallest absolute Gasteiger partial charge is 0.241 e. The molecule has 0 spiro atoms. The van der Waals surface area contributed by atoms with Crippen molar-refractivity contribution in [2.45, 2.75) is 24.3 Å². The van der Waals surface area contributed by atoms with Gasteiger partial charge in [-0.05, 0) is 24.6 Å². The molecule has 0 aromatic heterocycles. The first-order chi connectivity index (χ1) is 8.81. The van der Waals surface area contributed by atoms with E-state index in [1.807, 2.05) is 0 Å². The van der Waals surface area contributed by atoms with Crippen LogP contribution in [0.2, 0.25) is 0 Å². The van der Waals surface area contributed by atoms with Crippen LogP contribution in [0.1, 0.15) is 13.3 Å². The van der Waals surface area contributed by atoms with E-state index in [0.29, 0.717) is 12.1 Å². The van der Waals surface area contributed by atoms with E-state index >= 15 is 0 Å². The van der Waals surface area contributed by atoms with Gasteiger partial charge in [0, 0.05) is 0 Å². The van der Waals surface area contributed by atoms with Gasteiger partial charge < -0.3 is 10.9 Å². The Kier molecular flexibility index (Phi) is 4.78. The lowest BCUT2D eigenvalue weighted by atomic mass is 10.2. The summed E-state index contributed by atoms with van der Waals surface area (Å²) in [5.41, 5.74) is 5.31. The van der Waals surface area contributed by atoms with Crippen molar-refractivity contribution in [3.63, 3.8) is 0 Å². The summed E-state index contributed by atoms with van der Waals surface area (Å²) in [4.78, 5) is -0.449. The summed E-state index contributed by atoms with van der Waals surface area (Å²) >= 11 is 0. The first-order valence-electron chi connectivity index (χ1n) is 5.26. The summed E-state index contributed by atoms with van der Waals surface area (Å²) in [7, 11) is -4.09. The summed E-state index contributed by atoms with van der Waals surface area (Å²) in [6.45, 7) is 1.61. The van der Waals surface area contributed by atoms with Gasteiger partial charge in [0.25, 0.3) is 0 Å². The lowest BCUT2D eigenvalue weighted by Gasteiger charge is -2.15. The first kappa shape index (κ1) is 15.3. The van der Waals surface area contributed by atoms with Crippen molar-refractivity contribution in [1.82, 2.24) is 4.72 Å². The molecule has 0 bridgehead atoms. The molecule has 0 heterocycles. The third-order valence-electron chi connectivity index (χ3n) is 2.38. The fraction of sp³-hybridized carbons (Fsp3) is 0.300. The van der Waals surface area contributed by atoms with Crippen molar-refractivity contribution in [3.05, 3.63) is 29.8 Å². The molecule has 0 fully saturated rings. The molecule has 0 saturated carbocycles. The largest absolute Gasteiger partial charge is 0.409 e. The van der Waals surface area contributed by atoms with Crippen LogP contribution in [0.25, 0.3) is 0 Å². The molecule has 0 aliphatic rings. The Morgan fingerprint density at radius 3 is 2.58 bits per heavy atom. The minimum atomic E-state index is -4.09. The van der Waals surface area contributed by atoms with Crippen LogP contribution in [0.15, 0.2) is 28.3 Å². The SMILES string of the molecule is CCC(NS(=O)(=O)c1ccc(F)c(F)c1)/C(N)=N/O. The van der Waals surface area contributed by atoms with Gasteiger partial charge in [0.15, 0.2) is 17.5 Å². The molecule has 19 heavy (non-hydrogen) atoms. The molecule has 1 atom stereocenters. The molecule has 106 valence electrons. The fourth-order valence-electron chi connectivity index (χ4n) is 1.32. The van der Waals surface area contributed by atoms with Crippen LogP contribution in [0.5, 0.6) is 0 Å². The maximum absolute atomic E-state index is 13.0. The van der Waals surface area contributed by atoms with Crippen LogP contribution >= 0.6 is 0 Å². The molecule has 0 amide bonds. The molecular formula is C10H13F2N3O3S. The van der Waals surface area contributed by atoms with Crippen molar-refractivity contribution in [2.24, 2.45) is 10.9 Å². The predicted molar refractivity (Wildman–Crippen MR) is 64.2 cm³/mol. The van der Waals surface area contributed by atoms with E-state index in [-0.39, 0.29) is 12.3 Å². The Balaban J connectivity index is 3.07. The van der Waals surface area contributed by atoms with E-state index in [1.54, 1.807) is 6.92 Å². The zero-order valence-corrected chi connectivity index (χ0v) is 10.8. The highest BCUT2D eigenvalue weighted by molar-refractivity contribution is 7.89. The Bertz CT molecular complexity index is 590. The molecular weight excluding hydrogens is 280 g/mol. The topological polar surface area (TPSA) is 105 Å². The van der Waals surface area contributed by atoms with Crippen LogP contribution < -0.4 is 10.5 Å². The molecule has 0 aliphatic carbocycles. The number of hydrogen-bond acceptors (Lipinski definition) is 4. The average Bonchev–Trinajstić information content (AvgIpc) is 2.38. The number of rotatable bonds is 5. The number of benzene rings is 1. The van der Waals surface area contributed by atoms with E-state index in [9.17, 15) is 17.2 Å². The quantitative estimate of drug-likeness (QED) is 0.323. The maximum atomic E-state index is 13.0. The van der Waals surface area contributed by atoms with Crippen molar-refractivity contribution < 1.29 is 22.4 Å². The van der Waals surface area contributed by atoms with Gasteiger partial charge in [-0.15, -0.1) is 0 Å². The number of amidine groups is 1. The van der Waals surface area contributed by atoms with Crippen LogP contribution in [-0.4, -0.2) is 25.5 Å². The second-order valence-electron chi connectivity index (χ2n) is 3.68. The summed E-state index contributed by atoms with van der Waals surface area (Å²) in [6.07, 6.45) is 0.221. The van der Waals surface area contributed by atoms with E-state index in [4.69, 9.17) is 10.9 Å². The predicted octanol–water partition coefficient (Wildman–Crippen LogP) is 0.768. The zero-order valence-electron chi connectivity index (χ0n) is 9.97. The highest BCUT2D eigenvalue weighted by Gasteiger charge is 2.22. The van der Waals surface area contributed by atoms with Gasteiger partial charge in [-0.2, -0.15) is 0 Å². The molecule has 0 saturated heterocycles. The van der Waals surface area contributed by atoms with E-state index in [0.717, 1.165) is 6.07 Å². The highest BCUT2D eigenvalue weighted by atomic mass is 32.2. The van der Waals surface area contributed by atoms with Gasteiger partial charge in [0.05, 0.1) is 10.9 Å². The van der Waals surface area contributed by atoms with Crippen LogP contribution in [0, 0.1) is 11.6 Å². The highest BCUT2D eigenvalue weighted by Crippen LogP contribution is 2.14. The second-order valence-corrected chi connectivity index (χ2v) is 5.40. The van der Waals surface area contributed by atoms with Gasteiger partial charge in [0.2, 0.25) is 10.0 Å². The lowest BCUT2D eigenvalue weighted by Crippen LogP contribution is -2.44. The molecule has 0 aliphatic heterocycles. The Morgan fingerprint density at radius 1 is 1.47 bits per heavy atom. The number of oxime groups is 1. The van der Waals surface area contributed by atoms with Crippen LogP contribution in [0.4, 0.5) is 8.78 Å². The first-order valence-corrected chi connectivity index (χ1v) is 6.75. The minimum absolute atomic E-state index is 0.221. The molecule has 6 nitrogen and oxygen atoms in total. The molecule has 1 rings (SSSR count). The number of nitrogens with one attached hydrogen (secondary N) is 1. The number of hydrogen-bond donors (Lipinski definition) is 3. The Hall–Kier alpha value is -1.74. The average molecular weight is 293 g/mol. The van der Waals surface area contributed by atoms with Gasteiger partial charge in [-0.3, -0.25) is 0 Å². The third kappa shape index (κ3) is 3.61. The van der Waals surface area contributed by atoms with Crippen molar-refractivity contribution in [2.75, 3.05) is 0 Å². The Labute approximate surface area is 109 Å². The van der Waals surface area contributed by atoms with E-state index in [2.05, 4.69) is 9.88 Å². The normalized spacial score (nSPS) is 14.4. The molecule has 1 aromatic rings. The third-order valence-corrected chi connectivity index (χ3v) is 3.85. The zero-order chi connectivity index (χ0) is 14.6. The van der Waals surface area contributed by atoms with Crippen molar-refractivity contribution in [1.29, 1.82) is 0 Å². The minimum Gasteiger partial charge on any atom is -0.409 e. The lowest BCUT2D eigenvalue weighted by molar-refractivity contribution is 0.315. The molecule has 0 radical (unpaired) electrons. The Morgan fingerprint density at radius 2 is 2.11 bits per heavy atom. The maximum Gasteiger partial charge on any atom is 0.241 e. The van der Waals surface area contributed by atoms with E-state index in [1.165, 1.54) is 0 Å². The van der Waals surface area contributed by atoms with Crippen LogP contribution in [0.3, 0.4) is 0 Å². The number of sulfonamides is 1. The number of halogens is 2. The van der Waals surface area contributed by atoms with Gasteiger partial charge in [-0.25, -0.2) is 21.9 Å². The van der Waals surface area contributed by atoms with Crippen molar-refractivity contribution in [3.8, 4) is 0 Å². The fourth-order valence-corrected chi connectivity index (χ4v) is 2.63. The van der Waals surface area contributed by atoms with Crippen LogP contribution in [-0.2, 0) is 10.0 Å². The van der Waals surface area contributed by atoms with E-state index < -0.39 is 32.6 Å². The standard InChI is InChI=1S/C10H13F2N3O3S/c1-2-9(10(13)14-16)15-19(17,18)6-3-4-7(11)8(12)5-6/h3-5,9,15-16H,2H2,1H3,(H2,13,14). The number of nitrogens with zero attached hydrogens (tertiary/aromatic N) is 1. The molecule has 4 N–H and O–H groups in total. The molecule has 9 heteroatoms. The summed E-state index contributed by atoms with van der Waals surface area (Å²) < 4.78 is 51.6. The summed E-state index contributed by atoms with van der Waals surface area (Å²) in [5, 5.41) is 11.2.